The van der Waals surface area contributed by atoms with Crippen LogP contribution in [-0.2, 0) is 14.4 Å². The molecule has 0 fully saturated rings. The average molecular weight is 278 g/mol. The van der Waals surface area contributed by atoms with Crippen LogP contribution in [0.1, 0.15) is 31.4 Å². The molecule has 0 heterocycles. The van der Waals surface area contributed by atoms with Gasteiger partial charge in [0.15, 0.2) is 0 Å². The number of rotatable bonds is 7. The lowest BCUT2D eigenvalue weighted by Crippen LogP contribution is -2.31. The van der Waals surface area contributed by atoms with Gasteiger partial charge in [0, 0.05) is 12.8 Å². The predicted octanol–water partition coefficient (Wildman–Crippen LogP) is 0.845. The third-order valence-corrected chi connectivity index (χ3v) is 2.69. The van der Waals surface area contributed by atoms with Crippen LogP contribution in [-0.4, -0.2) is 29.4 Å². The Kier molecular flexibility index (Phi) is 6.22. The molecule has 0 aliphatic heterocycles. The Morgan fingerprint density at radius 3 is 2.30 bits per heavy atom. The Balaban J connectivity index is 2.30. The van der Waals surface area contributed by atoms with E-state index in [1.165, 1.54) is 0 Å². The molecule has 1 unspecified atom stereocenters. The third kappa shape index (κ3) is 5.99. The SMILES string of the molecule is CC(NC(=O)CCC(=O)NCC(=O)O)c1ccccc1. The van der Waals surface area contributed by atoms with Gasteiger partial charge in [0.1, 0.15) is 6.54 Å². The molecule has 0 radical (unpaired) electrons. The number of benzene rings is 1. The monoisotopic (exact) mass is 278 g/mol. The summed E-state index contributed by atoms with van der Waals surface area (Å²) in [6, 6.07) is 9.35. The Morgan fingerprint density at radius 2 is 1.70 bits per heavy atom. The van der Waals surface area contributed by atoms with Gasteiger partial charge >= 0.3 is 5.97 Å². The highest BCUT2D eigenvalue weighted by Crippen LogP contribution is 2.11. The number of carboxylic acid groups (broad SMARTS) is 1. The molecule has 0 aliphatic carbocycles. The Labute approximate surface area is 117 Å². The van der Waals surface area contributed by atoms with Crippen LogP contribution >= 0.6 is 0 Å². The van der Waals surface area contributed by atoms with E-state index in [0.717, 1.165) is 5.56 Å². The molecule has 0 aromatic heterocycles. The molecule has 20 heavy (non-hydrogen) atoms. The van der Waals surface area contributed by atoms with Gasteiger partial charge < -0.3 is 15.7 Å². The van der Waals surface area contributed by atoms with Gasteiger partial charge in [-0.25, -0.2) is 0 Å². The summed E-state index contributed by atoms with van der Waals surface area (Å²) in [5.74, 6) is -1.80. The summed E-state index contributed by atoms with van der Waals surface area (Å²) in [6.45, 7) is 1.43. The largest absolute Gasteiger partial charge is 0.480 e. The summed E-state index contributed by atoms with van der Waals surface area (Å²) < 4.78 is 0. The molecule has 0 saturated carbocycles. The van der Waals surface area contributed by atoms with E-state index in [0.29, 0.717) is 0 Å². The molecular formula is C14H18N2O4. The summed E-state index contributed by atoms with van der Waals surface area (Å²) >= 11 is 0. The van der Waals surface area contributed by atoms with Gasteiger partial charge in [-0.3, -0.25) is 14.4 Å². The first-order valence-electron chi connectivity index (χ1n) is 6.32. The molecule has 2 amide bonds. The van der Waals surface area contributed by atoms with Crippen molar-refractivity contribution in [3.8, 4) is 0 Å². The molecule has 1 aromatic carbocycles. The van der Waals surface area contributed by atoms with Gasteiger partial charge in [-0.1, -0.05) is 30.3 Å². The quantitative estimate of drug-likeness (QED) is 0.689. The Hall–Kier alpha value is -2.37. The second-order valence-corrected chi connectivity index (χ2v) is 4.37. The lowest BCUT2D eigenvalue weighted by molar-refractivity contribution is -0.138. The maximum absolute atomic E-state index is 11.7. The zero-order chi connectivity index (χ0) is 15.0. The Bertz CT molecular complexity index is 473. The van der Waals surface area contributed by atoms with Crippen molar-refractivity contribution < 1.29 is 19.5 Å². The van der Waals surface area contributed by atoms with Crippen LogP contribution in [0.2, 0.25) is 0 Å². The van der Waals surface area contributed by atoms with E-state index in [1.807, 2.05) is 37.3 Å². The normalized spacial score (nSPS) is 11.4. The van der Waals surface area contributed by atoms with Crippen LogP contribution in [0.4, 0.5) is 0 Å². The minimum Gasteiger partial charge on any atom is -0.480 e. The number of aliphatic carboxylic acids is 1. The number of amides is 2. The van der Waals surface area contributed by atoms with Crippen molar-refractivity contribution >= 4 is 17.8 Å². The molecule has 6 heteroatoms. The zero-order valence-corrected chi connectivity index (χ0v) is 11.3. The van der Waals surface area contributed by atoms with E-state index in [2.05, 4.69) is 10.6 Å². The predicted molar refractivity (Wildman–Crippen MR) is 72.9 cm³/mol. The van der Waals surface area contributed by atoms with Crippen LogP contribution in [0.15, 0.2) is 30.3 Å². The molecule has 1 atom stereocenters. The smallest absolute Gasteiger partial charge is 0.322 e. The number of carbonyl (C=O) groups is 3. The van der Waals surface area contributed by atoms with Crippen molar-refractivity contribution in [2.45, 2.75) is 25.8 Å². The maximum atomic E-state index is 11.7. The number of hydrogen-bond acceptors (Lipinski definition) is 3. The summed E-state index contributed by atoms with van der Waals surface area (Å²) in [5, 5.41) is 13.4. The lowest BCUT2D eigenvalue weighted by atomic mass is 10.1. The van der Waals surface area contributed by atoms with Gasteiger partial charge in [0.2, 0.25) is 11.8 Å². The molecular weight excluding hydrogens is 260 g/mol. The average Bonchev–Trinajstić information content (AvgIpc) is 2.43. The van der Waals surface area contributed by atoms with Crippen molar-refractivity contribution in [1.29, 1.82) is 0 Å². The van der Waals surface area contributed by atoms with Crippen LogP contribution in [0.5, 0.6) is 0 Å². The second-order valence-electron chi connectivity index (χ2n) is 4.37. The molecule has 108 valence electrons. The molecule has 0 saturated heterocycles. The van der Waals surface area contributed by atoms with Gasteiger partial charge in [-0.15, -0.1) is 0 Å². The van der Waals surface area contributed by atoms with Crippen molar-refractivity contribution in [1.82, 2.24) is 10.6 Å². The van der Waals surface area contributed by atoms with Gasteiger partial charge in [0.05, 0.1) is 6.04 Å². The molecule has 6 nitrogen and oxygen atoms in total. The van der Waals surface area contributed by atoms with Crippen LogP contribution in [0, 0.1) is 0 Å². The summed E-state index contributed by atoms with van der Waals surface area (Å²) in [5.41, 5.74) is 0.983. The summed E-state index contributed by atoms with van der Waals surface area (Å²) in [4.78, 5) is 33.2. The number of nitrogens with one attached hydrogen (secondary N) is 2. The summed E-state index contributed by atoms with van der Waals surface area (Å²) in [6.07, 6.45) is 0.00322. The topological polar surface area (TPSA) is 95.5 Å². The van der Waals surface area contributed by atoms with Crippen molar-refractivity contribution in [3.63, 3.8) is 0 Å². The minimum absolute atomic E-state index is 0.0272. The van der Waals surface area contributed by atoms with E-state index >= 15 is 0 Å². The molecule has 0 bridgehead atoms. The highest BCUT2D eigenvalue weighted by Gasteiger charge is 2.11. The number of hydrogen-bond donors (Lipinski definition) is 3. The van der Waals surface area contributed by atoms with E-state index in [9.17, 15) is 14.4 Å². The fourth-order valence-corrected chi connectivity index (χ4v) is 1.63. The van der Waals surface area contributed by atoms with E-state index in [-0.39, 0.29) is 24.8 Å². The van der Waals surface area contributed by atoms with Gasteiger partial charge in [-0.2, -0.15) is 0 Å². The second kappa shape index (κ2) is 7.93. The molecule has 0 aliphatic rings. The lowest BCUT2D eigenvalue weighted by Gasteiger charge is -2.14. The maximum Gasteiger partial charge on any atom is 0.322 e. The van der Waals surface area contributed by atoms with E-state index < -0.39 is 18.4 Å². The van der Waals surface area contributed by atoms with Gasteiger partial charge in [-0.05, 0) is 12.5 Å². The number of carboxylic acids is 1. The molecule has 0 spiro atoms. The standard InChI is InChI=1S/C14H18N2O4/c1-10(11-5-3-2-4-6-11)16-13(18)8-7-12(17)15-9-14(19)20/h2-6,10H,7-9H2,1H3,(H,15,17)(H,16,18)(H,19,20). The van der Waals surface area contributed by atoms with Crippen molar-refractivity contribution in [3.05, 3.63) is 35.9 Å². The van der Waals surface area contributed by atoms with Crippen LogP contribution < -0.4 is 10.6 Å². The fraction of sp³-hybridized carbons (Fsp3) is 0.357. The van der Waals surface area contributed by atoms with Crippen molar-refractivity contribution in [2.24, 2.45) is 0 Å². The first kappa shape index (κ1) is 15.7. The van der Waals surface area contributed by atoms with E-state index in [4.69, 9.17) is 5.11 Å². The zero-order valence-electron chi connectivity index (χ0n) is 11.3. The van der Waals surface area contributed by atoms with Crippen LogP contribution in [0.25, 0.3) is 0 Å². The highest BCUT2D eigenvalue weighted by molar-refractivity contribution is 5.85. The fourth-order valence-electron chi connectivity index (χ4n) is 1.63. The van der Waals surface area contributed by atoms with Crippen LogP contribution in [0.3, 0.4) is 0 Å². The Morgan fingerprint density at radius 1 is 1.10 bits per heavy atom. The third-order valence-electron chi connectivity index (χ3n) is 2.69. The number of carbonyl (C=O) groups excluding carboxylic acids is 2. The first-order valence-corrected chi connectivity index (χ1v) is 6.32. The summed E-state index contributed by atoms with van der Waals surface area (Å²) in [7, 11) is 0. The first-order chi connectivity index (χ1) is 9.49. The molecule has 1 rings (SSSR count). The van der Waals surface area contributed by atoms with E-state index in [1.54, 1.807) is 0 Å². The van der Waals surface area contributed by atoms with Crippen molar-refractivity contribution in [2.75, 3.05) is 6.54 Å². The van der Waals surface area contributed by atoms with Gasteiger partial charge in [0.25, 0.3) is 0 Å². The molecule has 1 aromatic rings. The minimum atomic E-state index is -1.11. The molecule has 3 N–H and O–H groups in total. The highest BCUT2D eigenvalue weighted by atomic mass is 16.4.